The Morgan fingerprint density at radius 2 is 2.03 bits per heavy atom. The van der Waals surface area contributed by atoms with E-state index in [-0.39, 0.29) is 11.5 Å². The second kappa shape index (κ2) is 6.92. The molecule has 0 saturated carbocycles. The first-order valence-electron chi connectivity index (χ1n) is 10.8. The molecule has 31 heavy (non-hydrogen) atoms. The number of aromatic amines is 1. The van der Waals surface area contributed by atoms with Gasteiger partial charge in [-0.1, -0.05) is 24.3 Å². The van der Waals surface area contributed by atoms with Crippen LogP contribution in [0.5, 0.6) is 0 Å². The van der Waals surface area contributed by atoms with Crippen LogP contribution in [0.25, 0.3) is 11.2 Å². The van der Waals surface area contributed by atoms with E-state index in [9.17, 15) is 5.26 Å². The Morgan fingerprint density at radius 3 is 2.74 bits per heavy atom. The van der Waals surface area contributed by atoms with Crippen molar-refractivity contribution in [3.63, 3.8) is 0 Å². The smallest absolute Gasteiger partial charge is 0.179 e. The summed E-state index contributed by atoms with van der Waals surface area (Å²) >= 11 is 0. The molecule has 3 aromatic rings. The first-order valence-corrected chi connectivity index (χ1v) is 10.8. The van der Waals surface area contributed by atoms with Gasteiger partial charge >= 0.3 is 0 Å². The minimum absolute atomic E-state index is 0.105. The van der Waals surface area contributed by atoms with Gasteiger partial charge in [0.2, 0.25) is 0 Å². The molecule has 1 spiro atoms. The molecule has 2 aliphatic rings. The number of hydrogen-bond donors (Lipinski definition) is 2. The summed E-state index contributed by atoms with van der Waals surface area (Å²) < 4.78 is 0. The Kier molecular flexibility index (Phi) is 4.41. The van der Waals surface area contributed by atoms with Crippen LogP contribution < -0.4 is 15.5 Å². The van der Waals surface area contributed by atoms with Crippen molar-refractivity contribution in [1.29, 1.82) is 5.26 Å². The highest BCUT2D eigenvalue weighted by molar-refractivity contribution is 5.84. The minimum atomic E-state index is -0.693. The van der Waals surface area contributed by atoms with Gasteiger partial charge in [0.15, 0.2) is 17.0 Å². The van der Waals surface area contributed by atoms with Crippen LogP contribution >= 0.6 is 0 Å². The van der Waals surface area contributed by atoms with Crippen LogP contribution in [0.3, 0.4) is 0 Å². The number of nitrogens with zero attached hydrogens (tertiary/aromatic N) is 6. The average molecular weight is 417 g/mol. The molecule has 1 fully saturated rings. The van der Waals surface area contributed by atoms with E-state index in [2.05, 4.69) is 50.4 Å². The van der Waals surface area contributed by atoms with Crippen molar-refractivity contribution in [3.05, 3.63) is 41.6 Å². The Morgan fingerprint density at radius 1 is 1.29 bits per heavy atom. The minimum Gasteiger partial charge on any atom is -0.355 e. The van der Waals surface area contributed by atoms with Gasteiger partial charge in [0, 0.05) is 26.2 Å². The van der Waals surface area contributed by atoms with E-state index in [1.165, 1.54) is 11.1 Å². The lowest BCUT2D eigenvalue weighted by Gasteiger charge is -2.42. The SMILES string of the molecule is CN(c1n[nH]c2nc(N3CCC4(CC3)Cc3ccccc3[C@H]4N)cnc12)C(C)(C)C#N. The van der Waals surface area contributed by atoms with Crippen LogP contribution in [-0.2, 0) is 6.42 Å². The number of nitrogens with one attached hydrogen (secondary N) is 1. The van der Waals surface area contributed by atoms with Gasteiger partial charge in [-0.25, -0.2) is 9.97 Å². The van der Waals surface area contributed by atoms with Crippen molar-refractivity contribution in [3.8, 4) is 6.07 Å². The van der Waals surface area contributed by atoms with Crippen molar-refractivity contribution in [2.75, 3.05) is 29.9 Å². The molecule has 1 atom stereocenters. The normalized spacial score (nSPS) is 20.1. The summed E-state index contributed by atoms with van der Waals surface area (Å²) in [7, 11) is 1.85. The van der Waals surface area contributed by atoms with E-state index < -0.39 is 5.54 Å². The number of anilines is 2. The summed E-state index contributed by atoms with van der Waals surface area (Å²) in [5.74, 6) is 1.48. The largest absolute Gasteiger partial charge is 0.355 e. The number of nitriles is 1. The molecule has 0 amide bonds. The van der Waals surface area contributed by atoms with E-state index in [1.807, 2.05) is 32.0 Å². The quantitative estimate of drug-likeness (QED) is 0.675. The van der Waals surface area contributed by atoms with Gasteiger partial charge in [0.1, 0.15) is 11.4 Å². The molecule has 1 aromatic carbocycles. The Labute approximate surface area is 182 Å². The number of hydrogen-bond acceptors (Lipinski definition) is 7. The van der Waals surface area contributed by atoms with Crippen LogP contribution in [0.15, 0.2) is 30.5 Å². The summed E-state index contributed by atoms with van der Waals surface area (Å²) in [4.78, 5) is 13.5. The lowest BCUT2D eigenvalue weighted by atomic mass is 9.73. The molecule has 5 rings (SSSR count). The maximum atomic E-state index is 9.43. The number of H-pyrrole nitrogens is 1. The maximum Gasteiger partial charge on any atom is 0.179 e. The highest BCUT2D eigenvalue weighted by atomic mass is 15.3. The molecule has 1 aliphatic heterocycles. The third-order valence-corrected chi connectivity index (χ3v) is 7.34. The van der Waals surface area contributed by atoms with Gasteiger partial charge in [-0.15, -0.1) is 0 Å². The number of rotatable bonds is 3. The number of aromatic nitrogens is 4. The molecule has 0 bridgehead atoms. The second-order valence-electron chi connectivity index (χ2n) is 9.41. The van der Waals surface area contributed by atoms with Crippen LogP contribution in [0.4, 0.5) is 11.6 Å². The fourth-order valence-electron chi connectivity index (χ4n) is 4.99. The van der Waals surface area contributed by atoms with Gasteiger partial charge in [-0.3, -0.25) is 5.10 Å². The summed E-state index contributed by atoms with van der Waals surface area (Å²) in [6, 6.07) is 11.0. The molecule has 0 unspecified atom stereocenters. The zero-order valence-electron chi connectivity index (χ0n) is 18.3. The summed E-state index contributed by atoms with van der Waals surface area (Å²) in [6.45, 7) is 5.52. The highest BCUT2D eigenvalue weighted by Gasteiger charge is 2.45. The molecule has 2 aromatic heterocycles. The first-order chi connectivity index (χ1) is 14.8. The van der Waals surface area contributed by atoms with Crippen LogP contribution in [0, 0.1) is 16.7 Å². The lowest BCUT2D eigenvalue weighted by molar-refractivity contribution is 0.187. The van der Waals surface area contributed by atoms with Gasteiger partial charge < -0.3 is 15.5 Å². The number of fused-ring (bicyclic) bond motifs is 2. The van der Waals surface area contributed by atoms with E-state index in [4.69, 9.17) is 10.7 Å². The summed E-state index contributed by atoms with van der Waals surface area (Å²) in [5.41, 5.74) is 10.2. The Bertz CT molecular complexity index is 1170. The van der Waals surface area contributed by atoms with E-state index in [0.29, 0.717) is 17.0 Å². The fourth-order valence-corrected chi connectivity index (χ4v) is 4.99. The molecule has 0 radical (unpaired) electrons. The van der Waals surface area contributed by atoms with Gasteiger partial charge in [0.25, 0.3) is 0 Å². The monoisotopic (exact) mass is 416 g/mol. The van der Waals surface area contributed by atoms with Crippen molar-refractivity contribution >= 4 is 22.8 Å². The van der Waals surface area contributed by atoms with Crippen LogP contribution in [0.2, 0.25) is 0 Å². The third kappa shape index (κ3) is 3.03. The van der Waals surface area contributed by atoms with Crippen molar-refractivity contribution < 1.29 is 0 Å². The summed E-state index contributed by atoms with van der Waals surface area (Å²) in [6.07, 6.45) is 4.95. The molecule has 8 heteroatoms. The number of nitrogens with two attached hydrogens (primary N) is 1. The van der Waals surface area contributed by atoms with Crippen LogP contribution in [-0.4, -0.2) is 45.8 Å². The molecule has 8 nitrogen and oxygen atoms in total. The zero-order valence-corrected chi connectivity index (χ0v) is 18.3. The van der Waals surface area contributed by atoms with E-state index >= 15 is 0 Å². The molecule has 3 heterocycles. The zero-order chi connectivity index (χ0) is 21.8. The first kappa shape index (κ1) is 19.8. The maximum absolute atomic E-state index is 9.43. The molecule has 1 aliphatic carbocycles. The predicted octanol–water partition coefficient (Wildman–Crippen LogP) is 2.93. The average Bonchev–Trinajstić information content (AvgIpc) is 3.33. The fraction of sp³-hybridized carbons (Fsp3) is 0.478. The standard InChI is InChI=1S/C23H28N8/c1-22(2,14-24)30(3)21-18-20(28-29-21)27-17(13-26-18)31-10-8-23(9-11-31)12-15-6-4-5-7-16(15)19(23)25/h4-7,13,19H,8-12,25H2,1-3H3,(H,27,28,29)/t19-/m1/s1. The Balaban J connectivity index is 1.35. The van der Waals surface area contributed by atoms with E-state index in [0.717, 1.165) is 38.2 Å². The molecular formula is C23H28N8. The predicted molar refractivity (Wildman–Crippen MR) is 121 cm³/mol. The van der Waals surface area contributed by atoms with Crippen molar-refractivity contribution in [2.24, 2.45) is 11.1 Å². The van der Waals surface area contributed by atoms with Gasteiger partial charge in [0.05, 0.1) is 12.3 Å². The topological polar surface area (TPSA) is 111 Å². The van der Waals surface area contributed by atoms with E-state index in [1.54, 1.807) is 0 Å². The van der Waals surface area contributed by atoms with Crippen LogP contribution in [0.1, 0.15) is 43.9 Å². The van der Waals surface area contributed by atoms with Gasteiger partial charge in [-0.2, -0.15) is 10.4 Å². The van der Waals surface area contributed by atoms with Gasteiger partial charge in [-0.05, 0) is 49.7 Å². The van der Waals surface area contributed by atoms with Crippen molar-refractivity contribution in [1.82, 2.24) is 20.2 Å². The molecule has 3 N–H and O–H groups in total. The Hall–Kier alpha value is -3.18. The van der Waals surface area contributed by atoms with Crippen molar-refractivity contribution in [2.45, 2.75) is 44.7 Å². The summed E-state index contributed by atoms with van der Waals surface area (Å²) in [5, 5.41) is 16.8. The number of piperidine rings is 1. The molecular weight excluding hydrogens is 388 g/mol. The third-order valence-electron chi connectivity index (χ3n) is 7.34. The highest BCUT2D eigenvalue weighted by Crippen LogP contribution is 2.50. The second-order valence-corrected chi connectivity index (χ2v) is 9.41. The molecule has 160 valence electrons. The molecule has 1 saturated heterocycles. The lowest BCUT2D eigenvalue weighted by Crippen LogP contribution is -2.44. The number of benzene rings is 1.